The number of nitrogens with zero attached hydrogens (tertiary/aromatic N) is 3. The smallest absolute Gasteiger partial charge is 0.294 e. The molecule has 0 saturated carbocycles. The Hall–Kier alpha value is -2.69. The molecule has 0 N–H and O–H groups in total. The molecule has 0 unspecified atom stereocenters. The van der Waals surface area contributed by atoms with Crippen LogP contribution in [0.1, 0.15) is 16.7 Å². The number of pyridine rings is 1. The Balaban J connectivity index is 2.60. The summed E-state index contributed by atoms with van der Waals surface area (Å²) in [7, 11) is 3.74. The van der Waals surface area contributed by atoms with Crippen LogP contribution >= 0.6 is 0 Å². The number of aryl methyl sites for hydroxylation is 2. The lowest BCUT2D eigenvalue weighted by Gasteiger charge is -2.10. The molecule has 0 aliphatic heterocycles. The molecule has 1 heterocycles. The molecule has 0 saturated heterocycles. The van der Waals surface area contributed by atoms with Crippen molar-refractivity contribution in [1.82, 2.24) is 9.88 Å². The molecule has 0 spiro atoms. The predicted octanol–water partition coefficient (Wildman–Crippen LogP) is 3.81. The van der Waals surface area contributed by atoms with Crippen molar-refractivity contribution in [2.75, 3.05) is 14.1 Å². The van der Waals surface area contributed by atoms with Crippen molar-refractivity contribution in [3.8, 4) is 11.3 Å². The highest BCUT2D eigenvalue weighted by molar-refractivity contribution is 5.72. The maximum absolute atomic E-state index is 11.2. The van der Waals surface area contributed by atoms with E-state index >= 15 is 0 Å². The molecule has 0 radical (unpaired) electrons. The molecule has 2 aromatic rings. The number of hydrogen-bond donors (Lipinski definition) is 0. The van der Waals surface area contributed by atoms with Crippen LogP contribution in [0, 0.1) is 24.0 Å². The average Bonchev–Trinajstić information content (AvgIpc) is 2.44. The minimum Gasteiger partial charge on any atom is -0.383 e. The average molecular weight is 297 g/mol. The molecule has 22 heavy (non-hydrogen) atoms. The SMILES string of the molecule is Cc1cccc(C)c1-c1cc(/C=C/N(C)C)c([N+](=O)[O-])cn1. The summed E-state index contributed by atoms with van der Waals surface area (Å²) in [4.78, 5) is 16.9. The van der Waals surface area contributed by atoms with Gasteiger partial charge < -0.3 is 4.90 Å². The first kappa shape index (κ1) is 15.7. The monoisotopic (exact) mass is 297 g/mol. The second-order valence-electron chi connectivity index (χ2n) is 5.43. The molecule has 0 amide bonds. The number of nitro groups is 1. The largest absolute Gasteiger partial charge is 0.383 e. The van der Waals surface area contributed by atoms with Crippen LogP contribution in [0.4, 0.5) is 5.69 Å². The predicted molar refractivity (Wildman–Crippen MR) is 88.5 cm³/mol. The van der Waals surface area contributed by atoms with Crippen LogP contribution in [-0.2, 0) is 0 Å². The van der Waals surface area contributed by atoms with E-state index in [1.165, 1.54) is 6.20 Å². The number of hydrogen-bond acceptors (Lipinski definition) is 4. The van der Waals surface area contributed by atoms with Crippen molar-refractivity contribution in [2.24, 2.45) is 0 Å². The zero-order valence-corrected chi connectivity index (χ0v) is 13.2. The minimum absolute atomic E-state index is 0.00749. The highest BCUT2D eigenvalue weighted by Gasteiger charge is 2.15. The van der Waals surface area contributed by atoms with E-state index in [9.17, 15) is 10.1 Å². The summed E-state index contributed by atoms with van der Waals surface area (Å²) in [5.41, 5.74) is 4.53. The highest BCUT2D eigenvalue weighted by atomic mass is 16.6. The standard InChI is InChI=1S/C17H19N3O2/c1-12-6-5-7-13(2)17(12)15-10-14(8-9-19(3)4)16(11-18-15)20(21)22/h5-11H,1-4H3/b9-8+. The molecule has 0 aliphatic rings. The van der Waals surface area contributed by atoms with Crippen LogP contribution in [0.25, 0.3) is 17.3 Å². The van der Waals surface area contributed by atoms with E-state index in [4.69, 9.17) is 0 Å². The molecule has 5 nitrogen and oxygen atoms in total. The Kier molecular flexibility index (Phi) is 4.56. The molecule has 0 atom stereocenters. The lowest BCUT2D eigenvalue weighted by molar-refractivity contribution is -0.385. The third-order valence-electron chi connectivity index (χ3n) is 3.40. The van der Waals surface area contributed by atoms with Gasteiger partial charge in [0.1, 0.15) is 6.20 Å². The van der Waals surface area contributed by atoms with E-state index in [0.29, 0.717) is 5.56 Å². The van der Waals surface area contributed by atoms with Gasteiger partial charge in [0.25, 0.3) is 5.69 Å². The molecule has 2 rings (SSSR count). The minimum atomic E-state index is -0.406. The van der Waals surface area contributed by atoms with Gasteiger partial charge in [-0.05, 0) is 43.3 Å². The van der Waals surface area contributed by atoms with E-state index < -0.39 is 4.92 Å². The van der Waals surface area contributed by atoms with Gasteiger partial charge in [0.15, 0.2) is 0 Å². The molecular weight excluding hydrogens is 278 g/mol. The van der Waals surface area contributed by atoms with Gasteiger partial charge in [-0.1, -0.05) is 18.2 Å². The van der Waals surface area contributed by atoms with Gasteiger partial charge in [0.05, 0.1) is 16.2 Å². The topological polar surface area (TPSA) is 59.3 Å². The number of rotatable bonds is 4. The Morgan fingerprint density at radius 1 is 1.23 bits per heavy atom. The highest BCUT2D eigenvalue weighted by Crippen LogP contribution is 2.29. The van der Waals surface area contributed by atoms with Crippen molar-refractivity contribution in [3.05, 3.63) is 63.5 Å². The van der Waals surface area contributed by atoms with E-state index in [-0.39, 0.29) is 5.69 Å². The van der Waals surface area contributed by atoms with Crippen molar-refractivity contribution >= 4 is 11.8 Å². The summed E-state index contributed by atoms with van der Waals surface area (Å²) < 4.78 is 0. The Morgan fingerprint density at radius 2 is 1.86 bits per heavy atom. The van der Waals surface area contributed by atoms with Crippen LogP contribution in [0.3, 0.4) is 0 Å². The molecule has 1 aromatic heterocycles. The molecular formula is C17H19N3O2. The van der Waals surface area contributed by atoms with Gasteiger partial charge in [-0.15, -0.1) is 0 Å². The normalized spacial score (nSPS) is 10.9. The van der Waals surface area contributed by atoms with E-state index in [2.05, 4.69) is 4.98 Å². The fourth-order valence-corrected chi connectivity index (χ4v) is 2.33. The van der Waals surface area contributed by atoms with Gasteiger partial charge in [0, 0.05) is 19.7 Å². The summed E-state index contributed by atoms with van der Waals surface area (Å²) in [6.45, 7) is 4.03. The maximum Gasteiger partial charge on any atom is 0.294 e. The summed E-state index contributed by atoms with van der Waals surface area (Å²) >= 11 is 0. The summed E-state index contributed by atoms with van der Waals surface area (Å²) in [6, 6.07) is 7.79. The summed E-state index contributed by atoms with van der Waals surface area (Å²) in [6.07, 6.45) is 4.85. The molecule has 0 aliphatic carbocycles. The van der Waals surface area contributed by atoms with Gasteiger partial charge >= 0.3 is 0 Å². The lowest BCUT2D eigenvalue weighted by Crippen LogP contribution is -2.01. The fourth-order valence-electron chi connectivity index (χ4n) is 2.33. The Labute approximate surface area is 130 Å². The molecule has 0 fully saturated rings. The van der Waals surface area contributed by atoms with Crippen molar-refractivity contribution in [3.63, 3.8) is 0 Å². The first-order valence-corrected chi connectivity index (χ1v) is 6.96. The van der Waals surface area contributed by atoms with E-state index in [1.807, 2.05) is 51.0 Å². The summed E-state index contributed by atoms with van der Waals surface area (Å²) in [5.74, 6) is 0. The van der Waals surface area contributed by atoms with Crippen LogP contribution in [0.5, 0.6) is 0 Å². The second kappa shape index (κ2) is 6.39. The molecule has 1 aromatic carbocycles. The zero-order chi connectivity index (χ0) is 16.3. The molecule has 5 heteroatoms. The number of aromatic nitrogens is 1. The third-order valence-corrected chi connectivity index (χ3v) is 3.40. The molecule has 114 valence electrons. The van der Waals surface area contributed by atoms with E-state index in [1.54, 1.807) is 18.3 Å². The quantitative estimate of drug-likeness (QED) is 0.636. The second-order valence-corrected chi connectivity index (χ2v) is 5.43. The maximum atomic E-state index is 11.2. The van der Waals surface area contributed by atoms with Crippen LogP contribution in [0.15, 0.2) is 36.7 Å². The Bertz CT molecular complexity index is 716. The van der Waals surface area contributed by atoms with Gasteiger partial charge in [-0.2, -0.15) is 0 Å². The Morgan fingerprint density at radius 3 is 2.41 bits per heavy atom. The van der Waals surface area contributed by atoms with E-state index in [0.717, 1.165) is 22.4 Å². The fraction of sp³-hybridized carbons (Fsp3) is 0.235. The first-order valence-electron chi connectivity index (χ1n) is 6.96. The summed E-state index contributed by atoms with van der Waals surface area (Å²) in [5, 5.41) is 11.2. The van der Waals surface area contributed by atoms with Crippen molar-refractivity contribution in [2.45, 2.75) is 13.8 Å². The van der Waals surface area contributed by atoms with Crippen molar-refractivity contribution < 1.29 is 4.92 Å². The van der Waals surface area contributed by atoms with Gasteiger partial charge in [-0.25, -0.2) is 4.98 Å². The van der Waals surface area contributed by atoms with Crippen LogP contribution < -0.4 is 0 Å². The van der Waals surface area contributed by atoms with Crippen molar-refractivity contribution in [1.29, 1.82) is 0 Å². The van der Waals surface area contributed by atoms with Gasteiger partial charge in [-0.3, -0.25) is 10.1 Å². The van der Waals surface area contributed by atoms with Crippen LogP contribution in [0.2, 0.25) is 0 Å². The first-order chi connectivity index (χ1) is 10.4. The van der Waals surface area contributed by atoms with Crippen LogP contribution in [-0.4, -0.2) is 28.9 Å². The lowest BCUT2D eigenvalue weighted by atomic mass is 9.98. The number of benzene rings is 1. The zero-order valence-electron chi connectivity index (χ0n) is 13.2. The van der Waals surface area contributed by atoms with Gasteiger partial charge in [0.2, 0.25) is 0 Å². The molecule has 0 bridgehead atoms. The third kappa shape index (κ3) is 3.31.